The summed E-state index contributed by atoms with van der Waals surface area (Å²) in [5, 5.41) is 5.70. The molecule has 1 aromatic carbocycles. The van der Waals surface area contributed by atoms with Gasteiger partial charge < -0.3 is 20.1 Å². The number of rotatable bonds is 5. The predicted molar refractivity (Wildman–Crippen MR) is 96.5 cm³/mol. The zero-order valence-corrected chi connectivity index (χ0v) is 15.2. The first-order valence-electron chi connectivity index (χ1n) is 8.93. The van der Waals surface area contributed by atoms with Gasteiger partial charge >= 0.3 is 12.0 Å². The van der Waals surface area contributed by atoms with Crippen molar-refractivity contribution in [3.05, 3.63) is 46.7 Å². The van der Waals surface area contributed by atoms with Gasteiger partial charge in [-0.3, -0.25) is 4.90 Å². The second kappa shape index (κ2) is 8.33. The van der Waals surface area contributed by atoms with Gasteiger partial charge in [0.25, 0.3) is 0 Å². The number of hydrogen-bond acceptors (Lipinski definition) is 5. The summed E-state index contributed by atoms with van der Waals surface area (Å²) in [6, 6.07) is 6.89. The van der Waals surface area contributed by atoms with E-state index in [-0.39, 0.29) is 12.6 Å². The number of esters is 1. The average molecular weight is 359 g/mol. The summed E-state index contributed by atoms with van der Waals surface area (Å²) in [5.41, 5.74) is 2.96. The minimum atomic E-state index is -0.528. The minimum Gasteiger partial charge on any atom is -0.463 e. The van der Waals surface area contributed by atoms with E-state index in [0.717, 1.165) is 24.2 Å². The van der Waals surface area contributed by atoms with E-state index in [2.05, 4.69) is 15.5 Å². The Hall–Kier alpha value is -2.38. The summed E-state index contributed by atoms with van der Waals surface area (Å²) >= 11 is 0. The highest BCUT2D eigenvalue weighted by Gasteiger charge is 2.35. The molecule has 0 radical (unpaired) electrons. The van der Waals surface area contributed by atoms with Crippen molar-refractivity contribution in [3.63, 3.8) is 0 Å². The van der Waals surface area contributed by atoms with Crippen LogP contribution in [0.15, 0.2) is 35.5 Å². The first-order valence-corrected chi connectivity index (χ1v) is 8.93. The SMILES string of the molecule is CCOC(=O)C1=C(CN2CCOCC2)NC(=O)N[C@H]1c1ccccc1C. The van der Waals surface area contributed by atoms with Crippen LogP contribution in [-0.4, -0.2) is 56.4 Å². The largest absolute Gasteiger partial charge is 0.463 e. The highest BCUT2D eigenvalue weighted by atomic mass is 16.5. The van der Waals surface area contributed by atoms with Crippen molar-refractivity contribution >= 4 is 12.0 Å². The lowest BCUT2D eigenvalue weighted by Gasteiger charge is -2.33. The number of amides is 2. The first-order chi connectivity index (χ1) is 12.6. The number of aryl methyl sites for hydroxylation is 1. The number of hydrogen-bond donors (Lipinski definition) is 2. The van der Waals surface area contributed by atoms with E-state index >= 15 is 0 Å². The molecular formula is C19H25N3O4. The summed E-state index contributed by atoms with van der Waals surface area (Å²) in [6.07, 6.45) is 0. The predicted octanol–water partition coefficient (Wildman–Crippen LogP) is 1.50. The van der Waals surface area contributed by atoms with Crippen LogP contribution in [0.5, 0.6) is 0 Å². The molecule has 0 spiro atoms. The van der Waals surface area contributed by atoms with Crippen molar-refractivity contribution in [2.75, 3.05) is 39.5 Å². The molecule has 0 aliphatic carbocycles. The molecule has 26 heavy (non-hydrogen) atoms. The fourth-order valence-electron chi connectivity index (χ4n) is 3.32. The summed E-state index contributed by atoms with van der Waals surface area (Å²) in [4.78, 5) is 27.2. The standard InChI is InChI=1S/C19H25N3O4/c1-3-26-18(23)16-15(12-22-8-10-25-11-9-22)20-19(24)21-17(16)14-7-5-4-6-13(14)2/h4-7,17H,3,8-12H2,1-2H3,(H2,20,21,24)/t17-/m0/s1. The smallest absolute Gasteiger partial charge is 0.338 e. The van der Waals surface area contributed by atoms with Gasteiger partial charge in [0.15, 0.2) is 0 Å². The highest BCUT2D eigenvalue weighted by molar-refractivity contribution is 5.95. The van der Waals surface area contributed by atoms with E-state index in [1.165, 1.54) is 0 Å². The summed E-state index contributed by atoms with van der Waals surface area (Å²) in [7, 11) is 0. The van der Waals surface area contributed by atoms with E-state index in [1.54, 1.807) is 6.92 Å². The molecule has 2 heterocycles. The molecule has 1 fully saturated rings. The van der Waals surface area contributed by atoms with E-state index in [9.17, 15) is 9.59 Å². The van der Waals surface area contributed by atoms with Crippen LogP contribution in [0.3, 0.4) is 0 Å². The lowest BCUT2D eigenvalue weighted by atomic mass is 9.92. The number of carbonyl (C=O) groups is 2. The van der Waals surface area contributed by atoms with E-state index in [1.807, 2.05) is 31.2 Å². The molecular weight excluding hydrogens is 334 g/mol. The van der Waals surface area contributed by atoms with Crippen LogP contribution in [0.2, 0.25) is 0 Å². The molecule has 1 aromatic rings. The molecule has 7 heteroatoms. The fraction of sp³-hybridized carbons (Fsp3) is 0.474. The molecule has 2 aliphatic rings. The van der Waals surface area contributed by atoms with E-state index < -0.39 is 12.0 Å². The Morgan fingerprint density at radius 3 is 2.73 bits per heavy atom. The van der Waals surface area contributed by atoms with Crippen molar-refractivity contribution in [1.82, 2.24) is 15.5 Å². The normalized spacial score (nSPS) is 21.2. The molecule has 0 saturated carbocycles. The highest BCUT2D eigenvalue weighted by Crippen LogP contribution is 2.30. The number of urea groups is 1. The van der Waals surface area contributed by atoms with Gasteiger partial charge in [0.05, 0.1) is 31.4 Å². The van der Waals surface area contributed by atoms with Gasteiger partial charge in [-0.2, -0.15) is 0 Å². The third kappa shape index (κ3) is 4.05. The molecule has 2 N–H and O–H groups in total. The molecule has 0 bridgehead atoms. The van der Waals surface area contributed by atoms with Gasteiger partial charge in [-0.25, -0.2) is 9.59 Å². The molecule has 1 atom stereocenters. The Morgan fingerprint density at radius 1 is 1.31 bits per heavy atom. The Balaban J connectivity index is 2.00. The Bertz CT molecular complexity index is 710. The number of carbonyl (C=O) groups excluding carboxylic acids is 2. The lowest BCUT2D eigenvalue weighted by molar-refractivity contribution is -0.139. The van der Waals surface area contributed by atoms with Gasteiger partial charge in [0.1, 0.15) is 0 Å². The first kappa shape index (κ1) is 18.4. The van der Waals surface area contributed by atoms with Crippen LogP contribution in [0.1, 0.15) is 24.1 Å². The van der Waals surface area contributed by atoms with Crippen LogP contribution >= 0.6 is 0 Å². The van der Waals surface area contributed by atoms with Crippen LogP contribution in [0.4, 0.5) is 4.79 Å². The third-order valence-corrected chi connectivity index (χ3v) is 4.63. The molecule has 0 aromatic heterocycles. The Morgan fingerprint density at radius 2 is 2.04 bits per heavy atom. The maximum atomic E-state index is 12.7. The van der Waals surface area contributed by atoms with Crippen LogP contribution in [-0.2, 0) is 14.3 Å². The number of ether oxygens (including phenoxy) is 2. The van der Waals surface area contributed by atoms with Gasteiger partial charge in [-0.15, -0.1) is 0 Å². The van der Waals surface area contributed by atoms with Crippen LogP contribution in [0, 0.1) is 6.92 Å². The maximum Gasteiger partial charge on any atom is 0.338 e. The van der Waals surface area contributed by atoms with Gasteiger partial charge in [-0.1, -0.05) is 24.3 Å². The zero-order chi connectivity index (χ0) is 18.5. The van der Waals surface area contributed by atoms with Gasteiger partial charge in [0, 0.05) is 25.3 Å². The number of nitrogens with zero attached hydrogens (tertiary/aromatic N) is 1. The van der Waals surface area contributed by atoms with Crippen molar-refractivity contribution in [1.29, 1.82) is 0 Å². The molecule has 3 rings (SSSR count). The topological polar surface area (TPSA) is 79.9 Å². The summed E-state index contributed by atoms with van der Waals surface area (Å²) in [5.74, 6) is -0.406. The second-order valence-electron chi connectivity index (χ2n) is 6.39. The molecule has 2 amide bonds. The van der Waals surface area contributed by atoms with Crippen LogP contribution < -0.4 is 10.6 Å². The van der Waals surface area contributed by atoms with Crippen molar-refractivity contribution in [2.24, 2.45) is 0 Å². The Labute approximate surface area is 153 Å². The van der Waals surface area contributed by atoms with Crippen molar-refractivity contribution in [3.8, 4) is 0 Å². The molecule has 2 aliphatic heterocycles. The molecule has 1 saturated heterocycles. The second-order valence-corrected chi connectivity index (χ2v) is 6.39. The molecule has 140 valence electrons. The fourth-order valence-corrected chi connectivity index (χ4v) is 3.32. The number of benzene rings is 1. The van der Waals surface area contributed by atoms with E-state index in [0.29, 0.717) is 31.0 Å². The number of morpholine rings is 1. The van der Waals surface area contributed by atoms with Gasteiger partial charge in [-0.05, 0) is 25.0 Å². The lowest BCUT2D eigenvalue weighted by Crippen LogP contribution is -2.49. The quantitative estimate of drug-likeness (QED) is 0.779. The third-order valence-electron chi connectivity index (χ3n) is 4.63. The Kier molecular flexibility index (Phi) is 5.90. The number of nitrogens with one attached hydrogen (secondary N) is 2. The summed E-state index contributed by atoms with van der Waals surface area (Å²) in [6.45, 7) is 7.32. The molecule has 0 unspecified atom stereocenters. The minimum absolute atomic E-state index is 0.279. The molecule has 7 nitrogen and oxygen atoms in total. The van der Waals surface area contributed by atoms with E-state index in [4.69, 9.17) is 9.47 Å². The maximum absolute atomic E-state index is 12.7. The average Bonchev–Trinajstić information content (AvgIpc) is 2.62. The van der Waals surface area contributed by atoms with Crippen molar-refractivity contribution < 1.29 is 19.1 Å². The van der Waals surface area contributed by atoms with Gasteiger partial charge in [0.2, 0.25) is 0 Å². The van der Waals surface area contributed by atoms with Crippen molar-refractivity contribution in [2.45, 2.75) is 19.9 Å². The zero-order valence-electron chi connectivity index (χ0n) is 15.2. The summed E-state index contributed by atoms with van der Waals surface area (Å²) < 4.78 is 10.7. The monoisotopic (exact) mass is 359 g/mol. The van der Waals surface area contributed by atoms with Crippen LogP contribution in [0.25, 0.3) is 0 Å².